The number of rotatable bonds is 6. The molecule has 3 aromatic heterocycles. The molecule has 0 radical (unpaired) electrons. The molecular formula is C28H24N6O3. The lowest BCUT2D eigenvalue weighted by Crippen LogP contribution is -2.29. The van der Waals surface area contributed by atoms with Gasteiger partial charge in [0.2, 0.25) is 5.78 Å². The minimum atomic E-state index is -0.500. The quantitative estimate of drug-likeness (QED) is 0.383. The van der Waals surface area contributed by atoms with Gasteiger partial charge in [-0.3, -0.25) is 18.9 Å². The van der Waals surface area contributed by atoms with Crippen LogP contribution in [0.5, 0.6) is 5.75 Å². The van der Waals surface area contributed by atoms with Crippen LogP contribution in [0.15, 0.2) is 88.5 Å². The van der Waals surface area contributed by atoms with Crippen molar-refractivity contribution in [2.45, 2.75) is 20.1 Å². The zero-order valence-electron chi connectivity index (χ0n) is 20.4. The average Bonchev–Trinajstić information content (AvgIpc) is 3.48. The van der Waals surface area contributed by atoms with E-state index in [1.807, 2.05) is 85.8 Å². The third-order valence-corrected chi connectivity index (χ3v) is 6.46. The second-order valence-electron chi connectivity index (χ2n) is 9.02. The highest BCUT2D eigenvalue weighted by Crippen LogP contribution is 2.25. The molecule has 9 nitrogen and oxygen atoms in total. The number of imidazole rings is 1. The van der Waals surface area contributed by atoms with Crippen LogP contribution >= 0.6 is 0 Å². The van der Waals surface area contributed by atoms with Crippen LogP contribution in [0, 0.1) is 6.92 Å². The summed E-state index contributed by atoms with van der Waals surface area (Å²) in [5.74, 6) is 1.82. The number of ether oxygens (including phenoxy) is 1. The Morgan fingerprint density at radius 1 is 0.865 bits per heavy atom. The lowest BCUT2D eigenvalue weighted by atomic mass is 10.1. The van der Waals surface area contributed by atoms with E-state index in [1.54, 1.807) is 16.0 Å². The van der Waals surface area contributed by atoms with Crippen molar-refractivity contribution in [1.29, 1.82) is 0 Å². The molecule has 0 amide bonds. The molecule has 184 valence electrons. The van der Waals surface area contributed by atoms with Gasteiger partial charge in [0.25, 0.3) is 5.56 Å². The molecule has 6 aromatic rings. The van der Waals surface area contributed by atoms with E-state index in [9.17, 15) is 9.59 Å². The summed E-state index contributed by atoms with van der Waals surface area (Å²) < 4.78 is 10.8. The normalized spacial score (nSPS) is 11.4. The fraction of sp³-hybridized carbons (Fsp3) is 0.143. The zero-order chi connectivity index (χ0) is 25.5. The van der Waals surface area contributed by atoms with E-state index in [0.29, 0.717) is 35.9 Å². The van der Waals surface area contributed by atoms with E-state index >= 15 is 0 Å². The Balaban J connectivity index is 1.45. The standard InChI is InChI=1S/C28H24N6O3/c1-18-8-10-19(11-9-18)16-33-23-25(35)29-28(36)32(2)26(23)34-24(30-31-27(33)34)21-14-12-20(13-15-21)17-37-22-6-4-3-5-7-22/h3-15H,16-17H2,1-2H3,(H,29,35,36). The summed E-state index contributed by atoms with van der Waals surface area (Å²) in [6.45, 7) is 2.86. The van der Waals surface area contributed by atoms with Gasteiger partial charge in [-0.15, -0.1) is 10.2 Å². The maximum absolute atomic E-state index is 13.0. The number of aromatic nitrogens is 6. The monoisotopic (exact) mass is 492 g/mol. The first-order chi connectivity index (χ1) is 18.0. The van der Waals surface area contributed by atoms with Gasteiger partial charge >= 0.3 is 5.69 Å². The van der Waals surface area contributed by atoms with Crippen LogP contribution in [-0.2, 0) is 20.2 Å². The molecule has 0 bridgehead atoms. The van der Waals surface area contributed by atoms with Crippen LogP contribution in [-0.4, -0.2) is 28.7 Å². The molecule has 0 saturated heterocycles. The van der Waals surface area contributed by atoms with Crippen LogP contribution in [0.4, 0.5) is 0 Å². The zero-order valence-corrected chi connectivity index (χ0v) is 20.4. The maximum atomic E-state index is 13.0. The Morgan fingerprint density at radius 2 is 1.57 bits per heavy atom. The first-order valence-corrected chi connectivity index (χ1v) is 11.9. The smallest absolute Gasteiger partial charge is 0.329 e. The number of aromatic amines is 1. The van der Waals surface area contributed by atoms with Gasteiger partial charge in [-0.05, 0) is 30.2 Å². The third-order valence-electron chi connectivity index (χ3n) is 6.46. The predicted molar refractivity (Wildman–Crippen MR) is 141 cm³/mol. The highest BCUT2D eigenvalue weighted by atomic mass is 16.5. The Labute approximate surface area is 211 Å². The molecule has 0 spiro atoms. The van der Waals surface area contributed by atoms with Gasteiger partial charge in [0.1, 0.15) is 12.4 Å². The fourth-order valence-electron chi connectivity index (χ4n) is 4.49. The van der Waals surface area contributed by atoms with E-state index in [1.165, 1.54) is 4.57 Å². The van der Waals surface area contributed by atoms with Gasteiger partial charge in [-0.1, -0.05) is 72.3 Å². The van der Waals surface area contributed by atoms with E-state index in [0.717, 1.165) is 28.0 Å². The third kappa shape index (κ3) is 4.00. The summed E-state index contributed by atoms with van der Waals surface area (Å²) in [6.07, 6.45) is 0. The predicted octanol–water partition coefficient (Wildman–Crippen LogP) is 3.67. The first kappa shape index (κ1) is 22.5. The SMILES string of the molecule is Cc1ccc(Cn2c3c(=O)[nH]c(=O)n(C)c3n3c(-c4ccc(COc5ccccc5)cc4)nnc23)cc1. The van der Waals surface area contributed by atoms with Crippen LogP contribution in [0.1, 0.15) is 16.7 Å². The van der Waals surface area contributed by atoms with E-state index in [2.05, 4.69) is 15.2 Å². The molecule has 0 saturated carbocycles. The van der Waals surface area contributed by atoms with Crippen LogP contribution in [0.2, 0.25) is 0 Å². The molecule has 3 heterocycles. The van der Waals surface area contributed by atoms with Gasteiger partial charge in [-0.2, -0.15) is 0 Å². The fourth-order valence-corrected chi connectivity index (χ4v) is 4.49. The van der Waals surface area contributed by atoms with Crippen molar-refractivity contribution in [1.82, 2.24) is 28.7 Å². The topological polar surface area (TPSA) is 99.2 Å². The number of benzene rings is 3. The van der Waals surface area contributed by atoms with Crippen molar-refractivity contribution in [3.63, 3.8) is 0 Å². The second kappa shape index (κ2) is 8.94. The number of nitrogens with zero attached hydrogens (tertiary/aromatic N) is 5. The van der Waals surface area contributed by atoms with Gasteiger partial charge < -0.3 is 4.74 Å². The van der Waals surface area contributed by atoms with Crippen molar-refractivity contribution in [2.24, 2.45) is 7.05 Å². The number of aryl methyl sites for hydroxylation is 2. The Morgan fingerprint density at radius 3 is 2.30 bits per heavy atom. The van der Waals surface area contributed by atoms with Gasteiger partial charge in [0.15, 0.2) is 17.0 Å². The molecule has 0 fully saturated rings. The summed E-state index contributed by atoms with van der Waals surface area (Å²) in [4.78, 5) is 28.0. The van der Waals surface area contributed by atoms with Crippen molar-refractivity contribution in [3.05, 3.63) is 116 Å². The van der Waals surface area contributed by atoms with Crippen molar-refractivity contribution >= 4 is 16.9 Å². The molecule has 0 unspecified atom stereocenters. The summed E-state index contributed by atoms with van der Waals surface area (Å²) in [7, 11) is 1.63. The lowest BCUT2D eigenvalue weighted by molar-refractivity contribution is 0.306. The number of nitrogens with one attached hydrogen (secondary N) is 1. The van der Waals surface area contributed by atoms with Crippen molar-refractivity contribution in [2.75, 3.05) is 0 Å². The van der Waals surface area contributed by atoms with E-state index in [4.69, 9.17) is 4.74 Å². The van der Waals surface area contributed by atoms with Crippen molar-refractivity contribution < 1.29 is 4.74 Å². The molecule has 1 N–H and O–H groups in total. The summed E-state index contributed by atoms with van der Waals surface area (Å²) in [5.41, 5.74) is 3.79. The van der Waals surface area contributed by atoms with Crippen LogP contribution < -0.4 is 16.0 Å². The summed E-state index contributed by atoms with van der Waals surface area (Å²) in [6, 6.07) is 25.5. The van der Waals surface area contributed by atoms with Crippen molar-refractivity contribution in [3.8, 4) is 17.1 Å². The minimum Gasteiger partial charge on any atom is -0.489 e. The number of hydrogen-bond acceptors (Lipinski definition) is 5. The van der Waals surface area contributed by atoms with Crippen LogP contribution in [0.25, 0.3) is 28.3 Å². The number of hydrogen-bond donors (Lipinski definition) is 1. The molecule has 37 heavy (non-hydrogen) atoms. The molecule has 0 aliphatic carbocycles. The van der Waals surface area contributed by atoms with Gasteiger partial charge in [0, 0.05) is 12.6 Å². The lowest BCUT2D eigenvalue weighted by Gasteiger charge is -2.07. The largest absolute Gasteiger partial charge is 0.489 e. The number of para-hydroxylation sites is 1. The average molecular weight is 493 g/mol. The Bertz CT molecular complexity index is 1840. The first-order valence-electron chi connectivity index (χ1n) is 11.9. The summed E-state index contributed by atoms with van der Waals surface area (Å²) in [5, 5.41) is 8.89. The van der Waals surface area contributed by atoms with E-state index < -0.39 is 11.2 Å². The van der Waals surface area contributed by atoms with Gasteiger partial charge in [0.05, 0.1) is 6.54 Å². The molecular weight excluding hydrogens is 468 g/mol. The Hall–Kier alpha value is -4.92. The highest BCUT2D eigenvalue weighted by molar-refractivity contribution is 5.79. The molecule has 0 aliphatic rings. The molecule has 9 heteroatoms. The maximum Gasteiger partial charge on any atom is 0.329 e. The molecule has 6 rings (SSSR count). The summed E-state index contributed by atoms with van der Waals surface area (Å²) >= 11 is 0. The molecule has 0 atom stereocenters. The minimum absolute atomic E-state index is 0.363. The number of H-pyrrole nitrogens is 1. The van der Waals surface area contributed by atoms with Crippen LogP contribution in [0.3, 0.4) is 0 Å². The van der Waals surface area contributed by atoms with E-state index in [-0.39, 0.29) is 0 Å². The number of fused-ring (bicyclic) bond motifs is 3. The molecule has 0 aliphatic heterocycles. The second-order valence-corrected chi connectivity index (χ2v) is 9.02. The molecule has 3 aromatic carbocycles. The Kier molecular flexibility index (Phi) is 5.45. The highest BCUT2D eigenvalue weighted by Gasteiger charge is 2.23. The van der Waals surface area contributed by atoms with Gasteiger partial charge in [-0.25, -0.2) is 9.20 Å².